The summed E-state index contributed by atoms with van der Waals surface area (Å²) in [7, 11) is 1.61. The molecule has 0 fully saturated rings. The monoisotopic (exact) mass is 308 g/mol. The number of hydrogen-bond donors (Lipinski definition) is 2. The van der Waals surface area contributed by atoms with E-state index in [1.165, 1.54) is 0 Å². The molecule has 2 rings (SSSR count). The van der Waals surface area contributed by atoms with E-state index >= 15 is 0 Å². The van der Waals surface area contributed by atoms with E-state index < -0.39 is 0 Å². The molecule has 5 heteroatoms. The minimum absolute atomic E-state index is 0.612. The number of rotatable bonds is 4. The van der Waals surface area contributed by atoms with Crippen LogP contribution in [-0.4, -0.2) is 17.3 Å². The zero-order chi connectivity index (χ0) is 13.0. The molecule has 0 saturated heterocycles. The van der Waals surface area contributed by atoms with Gasteiger partial charge in [-0.2, -0.15) is 0 Å². The zero-order valence-electron chi connectivity index (χ0n) is 9.85. The fraction of sp³-hybridized carbons (Fsp3) is 0.154. The Labute approximate surface area is 114 Å². The molecule has 0 spiro atoms. The smallest absolute Gasteiger partial charge is 0.145 e. The van der Waals surface area contributed by atoms with Crippen LogP contribution in [0.1, 0.15) is 5.69 Å². The molecule has 0 radical (unpaired) electrons. The molecule has 0 bridgehead atoms. The van der Waals surface area contributed by atoms with Crippen molar-refractivity contribution in [3.8, 4) is 17.0 Å². The maximum Gasteiger partial charge on any atom is 0.145 e. The molecule has 2 N–H and O–H groups in total. The van der Waals surface area contributed by atoms with E-state index in [4.69, 9.17) is 9.94 Å². The van der Waals surface area contributed by atoms with Gasteiger partial charge in [-0.05, 0) is 24.3 Å². The van der Waals surface area contributed by atoms with Gasteiger partial charge in [0.05, 0.1) is 18.5 Å². The second kappa shape index (κ2) is 5.84. The summed E-state index contributed by atoms with van der Waals surface area (Å²) >= 11 is 3.38. The van der Waals surface area contributed by atoms with Crippen molar-refractivity contribution in [3.05, 3.63) is 42.1 Å². The van der Waals surface area contributed by atoms with Crippen LogP contribution < -0.4 is 10.2 Å². The van der Waals surface area contributed by atoms with E-state index in [0.717, 1.165) is 17.0 Å². The van der Waals surface area contributed by atoms with Gasteiger partial charge in [0.1, 0.15) is 11.4 Å². The Bertz CT molecular complexity index is 546. The number of ether oxygens (including phenoxy) is 1. The molecule has 0 amide bonds. The van der Waals surface area contributed by atoms with Crippen molar-refractivity contribution >= 4 is 21.6 Å². The number of anilines is 1. The summed E-state index contributed by atoms with van der Waals surface area (Å²) in [6.07, 6.45) is 0. The average Bonchev–Trinajstić information content (AvgIpc) is 2.46. The highest BCUT2D eigenvalue weighted by atomic mass is 79.9. The summed E-state index contributed by atoms with van der Waals surface area (Å²) in [5, 5.41) is 9.61. The van der Waals surface area contributed by atoms with Gasteiger partial charge < -0.3 is 4.74 Å². The Kier molecular flexibility index (Phi) is 4.17. The first-order valence-electron chi connectivity index (χ1n) is 5.39. The molecular weight excluding hydrogens is 296 g/mol. The van der Waals surface area contributed by atoms with E-state index in [1.807, 2.05) is 30.3 Å². The van der Waals surface area contributed by atoms with E-state index in [1.54, 1.807) is 13.2 Å². The summed E-state index contributed by atoms with van der Waals surface area (Å²) in [6, 6.07) is 11.1. The highest BCUT2D eigenvalue weighted by molar-refractivity contribution is 9.08. The first kappa shape index (κ1) is 12.9. The van der Waals surface area contributed by atoms with Gasteiger partial charge in [-0.1, -0.05) is 28.1 Å². The third-order valence-corrected chi connectivity index (χ3v) is 3.11. The van der Waals surface area contributed by atoms with Crippen molar-refractivity contribution in [2.75, 3.05) is 12.6 Å². The second-order valence-corrected chi connectivity index (χ2v) is 4.24. The normalized spacial score (nSPS) is 10.2. The van der Waals surface area contributed by atoms with Crippen LogP contribution >= 0.6 is 15.9 Å². The van der Waals surface area contributed by atoms with Crippen LogP contribution in [0.4, 0.5) is 5.69 Å². The second-order valence-electron chi connectivity index (χ2n) is 3.68. The Balaban J connectivity index is 2.53. The van der Waals surface area contributed by atoms with Crippen molar-refractivity contribution in [2.45, 2.75) is 5.33 Å². The minimum atomic E-state index is 0.612. The summed E-state index contributed by atoms with van der Waals surface area (Å²) in [5.41, 5.74) is 5.30. The lowest BCUT2D eigenvalue weighted by molar-refractivity contribution is 0.389. The molecule has 0 aliphatic rings. The van der Waals surface area contributed by atoms with Gasteiger partial charge >= 0.3 is 0 Å². The summed E-state index contributed by atoms with van der Waals surface area (Å²) in [5.74, 6) is 0.704. The molecule has 0 saturated carbocycles. The van der Waals surface area contributed by atoms with Crippen LogP contribution in [0.5, 0.6) is 5.75 Å². The number of aromatic nitrogens is 1. The average molecular weight is 309 g/mol. The zero-order valence-corrected chi connectivity index (χ0v) is 11.4. The first-order valence-corrected chi connectivity index (χ1v) is 6.51. The van der Waals surface area contributed by atoms with Gasteiger partial charge in [-0.25, -0.2) is 4.98 Å². The quantitative estimate of drug-likeness (QED) is 0.671. The van der Waals surface area contributed by atoms with Crippen LogP contribution in [0.3, 0.4) is 0 Å². The van der Waals surface area contributed by atoms with Gasteiger partial charge in [-0.3, -0.25) is 10.7 Å². The summed E-state index contributed by atoms with van der Waals surface area (Å²) in [4.78, 5) is 4.53. The molecule has 18 heavy (non-hydrogen) atoms. The molecule has 1 aromatic heterocycles. The van der Waals surface area contributed by atoms with Gasteiger partial charge in [-0.15, -0.1) is 0 Å². The molecule has 1 aromatic carbocycles. The molecular formula is C13H13BrN2O2. The molecule has 0 aliphatic heterocycles. The highest BCUT2D eigenvalue weighted by Gasteiger charge is 2.09. The van der Waals surface area contributed by atoms with E-state index in [-0.39, 0.29) is 0 Å². The largest absolute Gasteiger partial charge is 0.494 e. The first-order chi connectivity index (χ1) is 8.78. The molecule has 1 heterocycles. The molecule has 2 aromatic rings. The topological polar surface area (TPSA) is 54.4 Å². The summed E-state index contributed by atoms with van der Waals surface area (Å²) in [6.45, 7) is 0. The van der Waals surface area contributed by atoms with Crippen molar-refractivity contribution in [3.63, 3.8) is 0 Å². The van der Waals surface area contributed by atoms with E-state index in [9.17, 15) is 0 Å². The Morgan fingerprint density at radius 2 is 2.17 bits per heavy atom. The fourth-order valence-electron chi connectivity index (χ4n) is 1.67. The Morgan fingerprint density at radius 1 is 1.33 bits per heavy atom. The fourth-order valence-corrected chi connectivity index (χ4v) is 1.98. The van der Waals surface area contributed by atoms with E-state index in [2.05, 4.69) is 26.4 Å². The predicted octanol–water partition coefficient (Wildman–Crippen LogP) is 3.45. The maximum atomic E-state index is 8.93. The van der Waals surface area contributed by atoms with Gasteiger partial charge in [0.25, 0.3) is 0 Å². The summed E-state index contributed by atoms with van der Waals surface area (Å²) < 4.78 is 5.31. The van der Waals surface area contributed by atoms with Crippen LogP contribution in [0.15, 0.2) is 36.4 Å². The van der Waals surface area contributed by atoms with E-state index in [0.29, 0.717) is 16.8 Å². The molecule has 0 atom stereocenters. The van der Waals surface area contributed by atoms with Crippen molar-refractivity contribution in [1.29, 1.82) is 0 Å². The Hall–Kier alpha value is -1.59. The minimum Gasteiger partial charge on any atom is -0.494 e. The molecule has 4 nitrogen and oxygen atoms in total. The number of benzene rings is 1. The number of pyridine rings is 1. The van der Waals surface area contributed by atoms with Crippen molar-refractivity contribution < 1.29 is 9.94 Å². The van der Waals surface area contributed by atoms with Gasteiger partial charge in [0.2, 0.25) is 0 Å². The van der Waals surface area contributed by atoms with Crippen molar-refractivity contribution in [1.82, 2.24) is 4.98 Å². The lowest BCUT2D eigenvalue weighted by Gasteiger charge is -2.10. The molecule has 0 aliphatic carbocycles. The third-order valence-electron chi connectivity index (χ3n) is 2.54. The SMILES string of the molecule is COc1ccc(CBr)nc1-c1cccc(NO)c1. The number of nitrogens with one attached hydrogen (secondary N) is 1. The van der Waals surface area contributed by atoms with Gasteiger partial charge in [0, 0.05) is 10.9 Å². The number of nitrogens with zero attached hydrogens (tertiary/aromatic N) is 1. The standard InChI is InChI=1S/C13H13BrN2O2/c1-18-12-6-5-11(8-14)15-13(12)9-3-2-4-10(7-9)16-17/h2-7,16-17H,8H2,1H3. The van der Waals surface area contributed by atoms with Crippen LogP contribution in [0.25, 0.3) is 11.3 Å². The van der Waals surface area contributed by atoms with Crippen LogP contribution in [0, 0.1) is 0 Å². The lowest BCUT2D eigenvalue weighted by atomic mass is 10.1. The molecule has 0 unspecified atom stereocenters. The maximum absolute atomic E-state index is 8.93. The number of methoxy groups -OCH3 is 1. The number of halogens is 1. The Morgan fingerprint density at radius 3 is 2.83 bits per heavy atom. The lowest BCUT2D eigenvalue weighted by Crippen LogP contribution is -1.95. The predicted molar refractivity (Wildman–Crippen MR) is 74.3 cm³/mol. The number of alkyl halides is 1. The van der Waals surface area contributed by atoms with Crippen molar-refractivity contribution in [2.24, 2.45) is 0 Å². The van der Waals surface area contributed by atoms with Crippen LogP contribution in [0.2, 0.25) is 0 Å². The van der Waals surface area contributed by atoms with Gasteiger partial charge in [0.15, 0.2) is 0 Å². The van der Waals surface area contributed by atoms with Crippen LogP contribution in [-0.2, 0) is 5.33 Å². The highest BCUT2D eigenvalue weighted by Crippen LogP contribution is 2.30. The number of hydrogen-bond acceptors (Lipinski definition) is 4. The third kappa shape index (κ3) is 2.63. The molecule has 94 valence electrons.